The summed E-state index contributed by atoms with van der Waals surface area (Å²) < 4.78 is 39.1. The molecule has 2 aliphatic rings. The van der Waals surface area contributed by atoms with Gasteiger partial charge in [0.05, 0.1) is 16.9 Å². The summed E-state index contributed by atoms with van der Waals surface area (Å²) in [4.78, 5) is 11.6. The van der Waals surface area contributed by atoms with Crippen LogP contribution in [0, 0.1) is 5.92 Å². The van der Waals surface area contributed by atoms with Gasteiger partial charge in [-0.1, -0.05) is 38.2 Å². The van der Waals surface area contributed by atoms with E-state index in [4.69, 9.17) is 0 Å². The molecule has 2 aromatic carbocycles. The number of anilines is 3. The SMILES string of the molecule is O=C1[N]c2cc(Nc3cccc(C(F)(F)F)c3)c(CC3CCCCC3)cc2N1. The second-order valence-electron chi connectivity index (χ2n) is 7.48. The summed E-state index contributed by atoms with van der Waals surface area (Å²) in [6.45, 7) is 0. The Morgan fingerprint density at radius 3 is 2.64 bits per heavy atom. The first kappa shape index (κ1) is 18.7. The molecule has 2 aromatic rings. The summed E-state index contributed by atoms with van der Waals surface area (Å²) >= 11 is 0. The smallest absolute Gasteiger partial charge is 0.355 e. The van der Waals surface area contributed by atoms with E-state index in [0.717, 1.165) is 37.0 Å². The fourth-order valence-electron chi connectivity index (χ4n) is 3.99. The maximum absolute atomic E-state index is 13.0. The molecule has 1 aliphatic carbocycles. The van der Waals surface area contributed by atoms with Gasteiger partial charge in [0.25, 0.3) is 0 Å². The van der Waals surface area contributed by atoms with Crippen molar-refractivity contribution >= 4 is 28.8 Å². The molecule has 0 aromatic heterocycles. The third-order valence-corrected chi connectivity index (χ3v) is 5.39. The third-order valence-electron chi connectivity index (χ3n) is 5.39. The fraction of sp³-hybridized carbons (Fsp3) is 0.381. The number of alkyl halides is 3. The van der Waals surface area contributed by atoms with E-state index in [0.29, 0.717) is 28.7 Å². The maximum atomic E-state index is 13.0. The van der Waals surface area contributed by atoms with Crippen molar-refractivity contribution < 1.29 is 18.0 Å². The second-order valence-corrected chi connectivity index (χ2v) is 7.48. The van der Waals surface area contributed by atoms with Crippen LogP contribution in [0.15, 0.2) is 36.4 Å². The lowest BCUT2D eigenvalue weighted by Gasteiger charge is -2.23. The van der Waals surface area contributed by atoms with Crippen molar-refractivity contribution in [3.05, 3.63) is 47.5 Å². The van der Waals surface area contributed by atoms with Crippen LogP contribution in [0.5, 0.6) is 0 Å². The minimum Gasteiger partial charge on any atom is -0.355 e. The number of carbonyl (C=O) groups excluding carboxylic acids is 1. The number of urea groups is 1. The quantitative estimate of drug-likeness (QED) is 0.641. The lowest BCUT2D eigenvalue weighted by molar-refractivity contribution is -0.137. The van der Waals surface area contributed by atoms with Crippen LogP contribution in [0.2, 0.25) is 0 Å². The van der Waals surface area contributed by atoms with Crippen molar-refractivity contribution in [2.75, 3.05) is 10.6 Å². The first-order chi connectivity index (χ1) is 13.4. The molecule has 2 amide bonds. The number of benzene rings is 2. The highest BCUT2D eigenvalue weighted by molar-refractivity contribution is 6.03. The van der Waals surface area contributed by atoms with Crippen LogP contribution < -0.4 is 16.0 Å². The molecule has 0 atom stereocenters. The van der Waals surface area contributed by atoms with E-state index in [1.165, 1.54) is 25.3 Å². The molecule has 0 spiro atoms. The van der Waals surface area contributed by atoms with E-state index in [1.807, 2.05) is 6.07 Å². The van der Waals surface area contributed by atoms with Gasteiger partial charge in [-0.2, -0.15) is 18.5 Å². The van der Waals surface area contributed by atoms with Crippen LogP contribution in [0.3, 0.4) is 0 Å². The second kappa shape index (κ2) is 7.37. The van der Waals surface area contributed by atoms with Gasteiger partial charge in [0.2, 0.25) is 0 Å². The lowest BCUT2D eigenvalue weighted by atomic mass is 9.84. The van der Waals surface area contributed by atoms with E-state index < -0.39 is 17.8 Å². The van der Waals surface area contributed by atoms with Gasteiger partial charge < -0.3 is 10.6 Å². The van der Waals surface area contributed by atoms with Crippen molar-refractivity contribution in [1.29, 1.82) is 0 Å². The van der Waals surface area contributed by atoms with Gasteiger partial charge in [0.15, 0.2) is 0 Å². The van der Waals surface area contributed by atoms with Gasteiger partial charge in [-0.25, -0.2) is 4.79 Å². The number of halogens is 3. The Labute approximate surface area is 161 Å². The third kappa shape index (κ3) is 4.08. The normalized spacial score (nSPS) is 17.0. The average molecular weight is 388 g/mol. The molecule has 0 bridgehead atoms. The van der Waals surface area contributed by atoms with Crippen LogP contribution in [0.1, 0.15) is 43.2 Å². The van der Waals surface area contributed by atoms with E-state index >= 15 is 0 Å². The van der Waals surface area contributed by atoms with E-state index in [2.05, 4.69) is 16.0 Å². The summed E-state index contributed by atoms with van der Waals surface area (Å²) in [5.41, 5.74) is 2.51. The van der Waals surface area contributed by atoms with Crippen LogP contribution in [0.25, 0.3) is 0 Å². The van der Waals surface area contributed by atoms with Gasteiger partial charge in [-0.3, -0.25) is 0 Å². The van der Waals surface area contributed by atoms with Gasteiger partial charge in [0, 0.05) is 11.4 Å². The van der Waals surface area contributed by atoms with Crippen molar-refractivity contribution in [2.45, 2.75) is 44.7 Å². The number of nitrogens with one attached hydrogen (secondary N) is 2. The van der Waals surface area contributed by atoms with Crippen molar-refractivity contribution in [3.8, 4) is 0 Å². The summed E-state index contributed by atoms with van der Waals surface area (Å²) in [5.74, 6) is 0.544. The molecule has 0 unspecified atom stereocenters. The standard InChI is InChI=1S/C21H21F3N3O/c22-21(23,24)15-7-4-8-16(11-15)25-17-12-19-18(26-20(28)27-19)10-14(17)9-13-5-2-1-3-6-13/h4,7-8,10-13,25H,1-3,5-6,9H2,(H,26,28). The number of hydrogen-bond donors (Lipinski definition) is 2. The molecule has 1 heterocycles. The monoisotopic (exact) mass is 388 g/mol. The number of rotatable bonds is 4. The maximum Gasteiger partial charge on any atom is 0.416 e. The molecule has 4 nitrogen and oxygen atoms in total. The lowest BCUT2D eigenvalue weighted by Crippen LogP contribution is -2.11. The molecule has 1 fully saturated rings. The van der Waals surface area contributed by atoms with Gasteiger partial charge in [0.1, 0.15) is 0 Å². The number of nitrogens with zero attached hydrogens (tertiary/aromatic N) is 1. The van der Waals surface area contributed by atoms with Crippen LogP contribution in [-0.2, 0) is 12.6 Å². The van der Waals surface area contributed by atoms with Crippen molar-refractivity contribution in [2.24, 2.45) is 5.92 Å². The summed E-state index contributed by atoms with van der Waals surface area (Å²) in [6.07, 6.45) is 2.39. The Bertz CT molecular complexity index is 889. The Morgan fingerprint density at radius 1 is 1.11 bits per heavy atom. The zero-order valence-corrected chi connectivity index (χ0v) is 15.3. The predicted octanol–water partition coefficient (Wildman–Crippen LogP) is 6.35. The van der Waals surface area contributed by atoms with E-state index in [-0.39, 0.29) is 0 Å². The van der Waals surface area contributed by atoms with Crippen LogP contribution in [-0.4, -0.2) is 6.03 Å². The molecule has 147 valence electrons. The van der Waals surface area contributed by atoms with Crippen molar-refractivity contribution in [1.82, 2.24) is 5.32 Å². The summed E-state index contributed by atoms with van der Waals surface area (Å²) in [6, 6.07) is 8.35. The van der Waals surface area contributed by atoms with Gasteiger partial charge in [-0.15, -0.1) is 0 Å². The molecule has 0 saturated heterocycles. The first-order valence-electron chi connectivity index (χ1n) is 9.52. The van der Waals surface area contributed by atoms with E-state index in [1.54, 1.807) is 12.1 Å². The molecule has 1 aliphatic heterocycles. The summed E-state index contributed by atoms with van der Waals surface area (Å²) in [5, 5.41) is 9.76. The molecule has 1 radical (unpaired) electrons. The molecule has 1 saturated carbocycles. The Balaban J connectivity index is 1.65. The number of carbonyl (C=O) groups is 1. The fourth-order valence-corrected chi connectivity index (χ4v) is 3.99. The van der Waals surface area contributed by atoms with Crippen LogP contribution in [0.4, 0.5) is 40.7 Å². The summed E-state index contributed by atoms with van der Waals surface area (Å²) in [7, 11) is 0. The topological polar surface area (TPSA) is 55.2 Å². The zero-order valence-electron chi connectivity index (χ0n) is 15.3. The van der Waals surface area contributed by atoms with E-state index in [9.17, 15) is 18.0 Å². The highest BCUT2D eigenvalue weighted by Crippen LogP contribution is 2.38. The predicted molar refractivity (Wildman–Crippen MR) is 102 cm³/mol. The molecule has 2 N–H and O–H groups in total. The highest BCUT2D eigenvalue weighted by Gasteiger charge is 2.30. The largest absolute Gasteiger partial charge is 0.416 e. The zero-order chi connectivity index (χ0) is 19.7. The Morgan fingerprint density at radius 2 is 1.89 bits per heavy atom. The number of fused-ring (bicyclic) bond motifs is 1. The van der Waals surface area contributed by atoms with Crippen LogP contribution >= 0.6 is 0 Å². The van der Waals surface area contributed by atoms with Gasteiger partial charge in [-0.05, 0) is 48.2 Å². The molecule has 4 rings (SSSR count). The number of amides is 2. The van der Waals surface area contributed by atoms with Crippen molar-refractivity contribution in [3.63, 3.8) is 0 Å². The minimum absolute atomic E-state index is 0.358. The Kier molecular flexibility index (Phi) is 4.91. The first-order valence-corrected chi connectivity index (χ1v) is 9.52. The number of hydrogen-bond acceptors (Lipinski definition) is 2. The Hall–Kier alpha value is -2.70. The molecule has 28 heavy (non-hydrogen) atoms. The molecular weight excluding hydrogens is 367 g/mol. The molecule has 7 heteroatoms. The highest BCUT2D eigenvalue weighted by atomic mass is 19.4. The average Bonchev–Trinajstić information content (AvgIpc) is 3.01. The minimum atomic E-state index is -4.40. The molecular formula is C21H21F3N3O. The van der Waals surface area contributed by atoms with Gasteiger partial charge >= 0.3 is 12.2 Å².